The molecule has 0 saturated heterocycles. The van der Waals surface area contributed by atoms with Crippen LogP contribution in [0.25, 0.3) is 10.8 Å². The van der Waals surface area contributed by atoms with Crippen molar-refractivity contribution < 1.29 is 26.7 Å². The molecule has 0 aromatic heterocycles. The SMILES string of the molecule is C[C@@H](NCCC1CN(c2ccc(F)c(C(F)(F)F)c2)c2ccc(F)cc2O1)c1cccc2ccccc12. The van der Waals surface area contributed by atoms with Gasteiger partial charge in [0.1, 0.15) is 23.5 Å². The summed E-state index contributed by atoms with van der Waals surface area (Å²) in [7, 11) is 0. The van der Waals surface area contributed by atoms with E-state index >= 15 is 0 Å². The van der Waals surface area contributed by atoms with Crippen LogP contribution in [0.2, 0.25) is 0 Å². The molecule has 192 valence electrons. The highest BCUT2D eigenvalue weighted by atomic mass is 19.4. The molecule has 5 rings (SSSR count). The number of nitrogens with one attached hydrogen (secondary N) is 1. The van der Waals surface area contributed by atoms with Crippen molar-refractivity contribution in [2.45, 2.75) is 31.7 Å². The molecule has 0 bridgehead atoms. The molecule has 0 saturated carbocycles. The van der Waals surface area contributed by atoms with E-state index in [1.807, 2.05) is 18.2 Å². The number of hydrogen-bond donors (Lipinski definition) is 1. The molecule has 2 atom stereocenters. The molecular weight excluding hydrogens is 487 g/mol. The molecule has 4 aromatic rings. The van der Waals surface area contributed by atoms with E-state index in [9.17, 15) is 22.0 Å². The van der Waals surface area contributed by atoms with Gasteiger partial charge in [-0.25, -0.2) is 8.78 Å². The predicted molar refractivity (Wildman–Crippen MR) is 134 cm³/mol. The number of nitrogens with zero attached hydrogens (tertiary/aromatic N) is 1. The lowest BCUT2D eigenvalue weighted by molar-refractivity contribution is -0.139. The molecular formula is C29H25F5N2O. The van der Waals surface area contributed by atoms with Crippen LogP contribution in [0.4, 0.5) is 33.3 Å². The molecule has 4 aromatic carbocycles. The van der Waals surface area contributed by atoms with Crippen LogP contribution in [0.15, 0.2) is 78.9 Å². The van der Waals surface area contributed by atoms with Gasteiger partial charge in [-0.05, 0) is 66.6 Å². The third-order valence-corrected chi connectivity index (χ3v) is 6.67. The standard InChI is InChI=1S/C29H25F5N2O/c1-18(23-8-4-6-19-5-2-3-7-24(19)23)35-14-13-22-17-36(27-12-9-20(30)15-28(27)37-22)21-10-11-26(31)25(16-21)29(32,33)34/h2-12,15-16,18,22,35H,13-14,17H2,1H3/t18-,22?/m1/s1. The molecule has 3 nitrogen and oxygen atoms in total. The highest BCUT2D eigenvalue weighted by Crippen LogP contribution is 2.41. The average Bonchev–Trinajstić information content (AvgIpc) is 2.87. The molecule has 1 unspecified atom stereocenters. The van der Waals surface area contributed by atoms with Crippen molar-refractivity contribution in [1.29, 1.82) is 0 Å². The second kappa shape index (κ2) is 10.0. The summed E-state index contributed by atoms with van der Waals surface area (Å²) >= 11 is 0. The minimum atomic E-state index is -4.83. The van der Waals surface area contributed by atoms with Crippen molar-refractivity contribution in [3.05, 3.63) is 102 Å². The van der Waals surface area contributed by atoms with E-state index in [0.717, 1.165) is 28.5 Å². The van der Waals surface area contributed by atoms with Gasteiger partial charge in [0.2, 0.25) is 0 Å². The Hall–Kier alpha value is -3.65. The lowest BCUT2D eigenvalue weighted by atomic mass is 9.99. The highest BCUT2D eigenvalue weighted by Gasteiger charge is 2.36. The van der Waals surface area contributed by atoms with Gasteiger partial charge in [0.25, 0.3) is 0 Å². The van der Waals surface area contributed by atoms with Crippen molar-refractivity contribution in [1.82, 2.24) is 5.32 Å². The molecule has 1 N–H and O–H groups in total. The summed E-state index contributed by atoms with van der Waals surface area (Å²) < 4.78 is 74.0. The van der Waals surface area contributed by atoms with E-state index in [1.54, 1.807) is 4.90 Å². The number of ether oxygens (including phenoxy) is 1. The summed E-state index contributed by atoms with van der Waals surface area (Å²) in [5, 5.41) is 5.80. The number of benzene rings is 4. The Bertz CT molecular complexity index is 1420. The molecule has 0 amide bonds. The van der Waals surface area contributed by atoms with Gasteiger partial charge in [0.15, 0.2) is 0 Å². The normalized spacial score (nSPS) is 16.4. The lowest BCUT2D eigenvalue weighted by Gasteiger charge is -2.37. The zero-order chi connectivity index (χ0) is 26.2. The average molecular weight is 513 g/mol. The van der Waals surface area contributed by atoms with Crippen LogP contribution in [-0.2, 0) is 6.18 Å². The van der Waals surface area contributed by atoms with Crippen molar-refractivity contribution >= 4 is 22.1 Å². The molecule has 1 aliphatic heterocycles. The van der Waals surface area contributed by atoms with E-state index in [1.165, 1.54) is 24.3 Å². The maximum Gasteiger partial charge on any atom is 0.419 e. The van der Waals surface area contributed by atoms with Gasteiger partial charge in [0.05, 0.1) is 17.8 Å². The fourth-order valence-corrected chi connectivity index (χ4v) is 4.82. The Balaban J connectivity index is 1.35. The number of alkyl halides is 3. The zero-order valence-corrected chi connectivity index (χ0v) is 20.0. The maximum atomic E-state index is 14.0. The van der Waals surface area contributed by atoms with Crippen LogP contribution in [0.1, 0.15) is 30.5 Å². The van der Waals surface area contributed by atoms with Crippen molar-refractivity contribution in [3.63, 3.8) is 0 Å². The van der Waals surface area contributed by atoms with E-state index in [2.05, 4.69) is 36.5 Å². The topological polar surface area (TPSA) is 24.5 Å². The van der Waals surface area contributed by atoms with Gasteiger partial charge in [-0.3, -0.25) is 0 Å². The minimum absolute atomic E-state index is 0.0435. The van der Waals surface area contributed by atoms with Crippen LogP contribution >= 0.6 is 0 Å². The van der Waals surface area contributed by atoms with Gasteiger partial charge < -0.3 is 15.0 Å². The van der Waals surface area contributed by atoms with Crippen molar-refractivity contribution in [2.75, 3.05) is 18.0 Å². The summed E-state index contributed by atoms with van der Waals surface area (Å²) in [5.74, 6) is -1.62. The van der Waals surface area contributed by atoms with Gasteiger partial charge in [-0.15, -0.1) is 0 Å². The van der Waals surface area contributed by atoms with E-state index in [-0.39, 0.29) is 24.0 Å². The van der Waals surface area contributed by atoms with Crippen LogP contribution in [0, 0.1) is 11.6 Å². The van der Waals surface area contributed by atoms with Crippen LogP contribution in [0.5, 0.6) is 5.75 Å². The first-order valence-electron chi connectivity index (χ1n) is 12.0. The Labute approximate surface area is 211 Å². The number of halogens is 5. The monoisotopic (exact) mass is 512 g/mol. The predicted octanol–water partition coefficient (Wildman–Crippen LogP) is 7.78. The largest absolute Gasteiger partial charge is 0.486 e. The summed E-state index contributed by atoms with van der Waals surface area (Å²) in [6.07, 6.45) is -4.74. The van der Waals surface area contributed by atoms with Gasteiger partial charge in [-0.1, -0.05) is 42.5 Å². The Kier molecular flexibility index (Phi) is 6.77. The Morgan fingerprint density at radius 3 is 2.57 bits per heavy atom. The fraction of sp³-hybridized carbons (Fsp3) is 0.241. The molecule has 1 heterocycles. The third-order valence-electron chi connectivity index (χ3n) is 6.67. The summed E-state index contributed by atoms with van der Waals surface area (Å²) in [4.78, 5) is 1.62. The fourth-order valence-electron chi connectivity index (χ4n) is 4.82. The Morgan fingerprint density at radius 2 is 1.76 bits per heavy atom. The number of hydrogen-bond acceptors (Lipinski definition) is 3. The third kappa shape index (κ3) is 5.25. The molecule has 1 aliphatic rings. The zero-order valence-electron chi connectivity index (χ0n) is 20.0. The van der Waals surface area contributed by atoms with E-state index < -0.39 is 29.5 Å². The molecule has 0 fully saturated rings. The van der Waals surface area contributed by atoms with Gasteiger partial charge in [0, 0.05) is 17.8 Å². The summed E-state index contributed by atoms with van der Waals surface area (Å²) in [5.41, 5.74) is 0.395. The van der Waals surface area contributed by atoms with Crippen LogP contribution in [0.3, 0.4) is 0 Å². The number of anilines is 2. The van der Waals surface area contributed by atoms with Crippen LogP contribution < -0.4 is 15.0 Å². The molecule has 0 spiro atoms. The quantitative estimate of drug-likeness (QED) is 0.267. The first kappa shape index (κ1) is 25.0. The second-order valence-corrected chi connectivity index (χ2v) is 9.16. The van der Waals surface area contributed by atoms with Crippen molar-refractivity contribution in [2.24, 2.45) is 0 Å². The maximum absolute atomic E-state index is 14.0. The smallest absolute Gasteiger partial charge is 0.419 e. The number of fused-ring (bicyclic) bond motifs is 2. The highest BCUT2D eigenvalue weighted by molar-refractivity contribution is 5.86. The van der Waals surface area contributed by atoms with Gasteiger partial charge in [-0.2, -0.15) is 13.2 Å². The first-order chi connectivity index (χ1) is 17.7. The molecule has 0 radical (unpaired) electrons. The second-order valence-electron chi connectivity index (χ2n) is 9.16. The number of rotatable bonds is 6. The summed E-state index contributed by atoms with van der Waals surface area (Å²) in [6, 6.07) is 21.1. The summed E-state index contributed by atoms with van der Waals surface area (Å²) in [6.45, 7) is 2.86. The molecule has 8 heteroatoms. The lowest BCUT2D eigenvalue weighted by Crippen LogP contribution is -2.39. The Morgan fingerprint density at radius 1 is 0.973 bits per heavy atom. The van der Waals surface area contributed by atoms with E-state index in [4.69, 9.17) is 4.74 Å². The van der Waals surface area contributed by atoms with Crippen molar-refractivity contribution in [3.8, 4) is 5.75 Å². The van der Waals surface area contributed by atoms with Gasteiger partial charge >= 0.3 is 6.18 Å². The van der Waals surface area contributed by atoms with E-state index in [0.29, 0.717) is 18.7 Å². The first-order valence-corrected chi connectivity index (χ1v) is 12.0. The molecule has 37 heavy (non-hydrogen) atoms. The van der Waals surface area contributed by atoms with Crippen LogP contribution in [-0.4, -0.2) is 19.2 Å². The molecule has 0 aliphatic carbocycles. The minimum Gasteiger partial charge on any atom is -0.486 e.